The Bertz CT molecular complexity index is 241. The molecular weight excluding hydrogens is 220 g/mol. The van der Waals surface area contributed by atoms with E-state index in [1.54, 1.807) is 0 Å². The number of carbonyl (C=O) groups excluding carboxylic acids is 1. The van der Waals surface area contributed by atoms with Gasteiger partial charge in [-0.2, -0.15) is 11.8 Å². The summed E-state index contributed by atoms with van der Waals surface area (Å²) in [4.78, 5) is 13.5. The van der Waals surface area contributed by atoms with E-state index in [2.05, 4.69) is 24.0 Å². The van der Waals surface area contributed by atoms with Crippen molar-refractivity contribution in [2.24, 2.45) is 0 Å². The summed E-state index contributed by atoms with van der Waals surface area (Å²) in [6.07, 6.45) is 4.37. The van der Waals surface area contributed by atoms with Gasteiger partial charge in [0.1, 0.15) is 0 Å². The number of thioether (sulfide) groups is 1. The first-order valence-corrected chi connectivity index (χ1v) is 7.53. The van der Waals surface area contributed by atoms with Crippen LogP contribution in [-0.2, 0) is 4.79 Å². The second kappa shape index (κ2) is 5.92. The molecule has 1 atom stereocenters. The lowest BCUT2D eigenvalue weighted by molar-refractivity contribution is -0.127. The zero-order chi connectivity index (χ0) is 11.4. The maximum atomic E-state index is 11.5. The minimum atomic E-state index is 0.341. The molecule has 1 amide bonds. The van der Waals surface area contributed by atoms with E-state index < -0.39 is 0 Å². The van der Waals surface area contributed by atoms with Crippen LogP contribution in [0.1, 0.15) is 32.6 Å². The van der Waals surface area contributed by atoms with Crippen molar-refractivity contribution in [1.29, 1.82) is 0 Å². The first-order valence-electron chi connectivity index (χ1n) is 6.37. The third-order valence-electron chi connectivity index (χ3n) is 3.41. The predicted octanol–water partition coefficient (Wildman–Crippen LogP) is 1.48. The molecule has 3 nitrogen and oxygen atoms in total. The number of nitrogens with zero attached hydrogens (tertiary/aromatic N) is 1. The van der Waals surface area contributed by atoms with E-state index in [9.17, 15) is 4.79 Å². The Morgan fingerprint density at radius 3 is 2.88 bits per heavy atom. The Labute approximate surface area is 102 Å². The van der Waals surface area contributed by atoms with Gasteiger partial charge in [0.15, 0.2) is 0 Å². The fraction of sp³-hybridized carbons (Fsp3) is 0.917. The lowest BCUT2D eigenvalue weighted by Crippen LogP contribution is -2.45. The molecule has 0 aromatic rings. The zero-order valence-electron chi connectivity index (χ0n) is 10.1. The Hall–Kier alpha value is -0.220. The van der Waals surface area contributed by atoms with Gasteiger partial charge in [-0.1, -0.05) is 0 Å². The molecule has 0 spiro atoms. The highest BCUT2D eigenvalue weighted by Gasteiger charge is 2.23. The number of hydrogen-bond donors (Lipinski definition) is 1. The molecule has 0 aliphatic carbocycles. The van der Waals surface area contributed by atoms with Crippen molar-refractivity contribution in [2.75, 3.05) is 24.6 Å². The highest BCUT2D eigenvalue weighted by Crippen LogP contribution is 2.17. The average molecular weight is 242 g/mol. The molecule has 2 aliphatic heterocycles. The van der Waals surface area contributed by atoms with Gasteiger partial charge < -0.3 is 10.2 Å². The number of rotatable bonds is 4. The maximum absolute atomic E-state index is 11.5. The van der Waals surface area contributed by atoms with Gasteiger partial charge in [-0.3, -0.25) is 4.79 Å². The van der Waals surface area contributed by atoms with E-state index >= 15 is 0 Å². The molecule has 0 radical (unpaired) electrons. The van der Waals surface area contributed by atoms with E-state index in [1.807, 2.05) is 4.90 Å². The molecule has 92 valence electrons. The van der Waals surface area contributed by atoms with Gasteiger partial charge >= 0.3 is 0 Å². The summed E-state index contributed by atoms with van der Waals surface area (Å²) < 4.78 is 0. The van der Waals surface area contributed by atoms with E-state index in [0.717, 1.165) is 25.9 Å². The summed E-state index contributed by atoms with van der Waals surface area (Å²) in [5, 5.41) is 3.66. The zero-order valence-corrected chi connectivity index (χ0v) is 10.9. The number of nitrogens with one attached hydrogen (secondary N) is 1. The first kappa shape index (κ1) is 12.2. The normalized spacial score (nSPS) is 25.1. The van der Waals surface area contributed by atoms with Crippen LogP contribution in [-0.4, -0.2) is 47.5 Å². The summed E-state index contributed by atoms with van der Waals surface area (Å²) in [5.41, 5.74) is 0. The van der Waals surface area contributed by atoms with Crippen molar-refractivity contribution >= 4 is 17.7 Å². The Morgan fingerprint density at radius 2 is 2.25 bits per heavy atom. The van der Waals surface area contributed by atoms with Gasteiger partial charge in [-0.15, -0.1) is 0 Å². The SMILES string of the molecule is CC(CN1CCCC1=O)NC1CCSCC1. The fourth-order valence-corrected chi connectivity index (χ4v) is 3.65. The van der Waals surface area contributed by atoms with Crippen LogP contribution in [0.3, 0.4) is 0 Å². The van der Waals surface area contributed by atoms with Crippen molar-refractivity contribution in [1.82, 2.24) is 10.2 Å². The quantitative estimate of drug-likeness (QED) is 0.810. The predicted molar refractivity (Wildman–Crippen MR) is 68.8 cm³/mol. The molecular formula is C12H22N2OS. The second-order valence-corrected chi connectivity index (χ2v) is 6.12. The second-order valence-electron chi connectivity index (χ2n) is 4.90. The van der Waals surface area contributed by atoms with Crippen LogP contribution in [0, 0.1) is 0 Å². The lowest BCUT2D eigenvalue weighted by atomic mass is 10.1. The van der Waals surface area contributed by atoms with E-state index in [1.165, 1.54) is 24.3 Å². The summed E-state index contributed by atoms with van der Waals surface area (Å²) in [6, 6.07) is 1.11. The Morgan fingerprint density at radius 1 is 1.50 bits per heavy atom. The maximum Gasteiger partial charge on any atom is 0.222 e. The number of carbonyl (C=O) groups is 1. The van der Waals surface area contributed by atoms with Crippen molar-refractivity contribution in [3.63, 3.8) is 0 Å². The third kappa shape index (κ3) is 3.39. The molecule has 0 aromatic heterocycles. The minimum Gasteiger partial charge on any atom is -0.341 e. The highest BCUT2D eigenvalue weighted by atomic mass is 32.2. The van der Waals surface area contributed by atoms with Crippen molar-refractivity contribution in [2.45, 2.75) is 44.7 Å². The number of likely N-dealkylation sites (tertiary alicyclic amines) is 1. The van der Waals surface area contributed by atoms with Crippen molar-refractivity contribution in [3.8, 4) is 0 Å². The summed E-state index contributed by atoms with van der Waals surface area (Å²) in [5.74, 6) is 2.91. The van der Waals surface area contributed by atoms with E-state index in [0.29, 0.717) is 18.0 Å². The molecule has 1 N–H and O–H groups in total. The molecule has 2 saturated heterocycles. The van der Waals surface area contributed by atoms with Crippen LogP contribution in [0.4, 0.5) is 0 Å². The van der Waals surface area contributed by atoms with Crippen LogP contribution in [0.25, 0.3) is 0 Å². The van der Waals surface area contributed by atoms with Crippen LogP contribution < -0.4 is 5.32 Å². The van der Waals surface area contributed by atoms with Crippen molar-refractivity contribution in [3.05, 3.63) is 0 Å². The van der Waals surface area contributed by atoms with Gasteiger partial charge in [0.05, 0.1) is 0 Å². The molecule has 2 fully saturated rings. The molecule has 0 aromatic carbocycles. The average Bonchev–Trinajstić information content (AvgIpc) is 2.66. The summed E-state index contributed by atoms with van der Waals surface area (Å²) in [7, 11) is 0. The van der Waals surface area contributed by atoms with Gasteiger partial charge in [-0.25, -0.2) is 0 Å². The number of hydrogen-bond acceptors (Lipinski definition) is 3. The van der Waals surface area contributed by atoms with Gasteiger partial charge in [0, 0.05) is 31.6 Å². The number of amides is 1. The Kier molecular flexibility index (Phi) is 4.53. The smallest absolute Gasteiger partial charge is 0.222 e. The molecule has 0 saturated carbocycles. The molecule has 2 aliphatic rings. The molecule has 0 bridgehead atoms. The van der Waals surface area contributed by atoms with Crippen molar-refractivity contribution < 1.29 is 4.79 Å². The fourth-order valence-electron chi connectivity index (χ4n) is 2.55. The van der Waals surface area contributed by atoms with Crippen LogP contribution in [0.5, 0.6) is 0 Å². The lowest BCUT2D eigenvalue weighted by Gasteiger charge is -2.28. The van der Waals surface area contributed by atoms with Crippen LogP contribution in [0.2, 0.25) is 0 Å². The molecule has 1 unspecified atom stereocenters. The van der Waals surface area contributed by atoms with Crippen LogP contribution >= 0.6 is 11.8 Å². The molecule has 4 heteroatoms. The largest absolute Gasteiger partial charge is 0.341 e. The van der Waals surface area contributed by atoms with E-state index in [4.69, 9.17) is 0 Å². The molecule has 2 rings (SSSR count). The standard InChI is InChI=1S/C12H22N2OS/c1-10(9-14-6-2-3-12(14)15)13-11-4-7-16-8-5-11/h10-11,13H,2-9H2,1H3. The minimum absolute atomic E-state index is 0.341. The third-order valence-corrected chi connectivity index (χ3v) is 4.46. The highest BCUT2D eigenvalue weighted by molar-refractivity contribution is 7.99. The summed E-state index contributed by atoms with van der Waals surface area (Å²) in [6.45, 7) is 4.06. The molecule has 16 heavy (non-hydrogen) atoms. The van der Waals surface area contributed by atoms with E-state index in [-0.39, 0.29) is 0 Å². The van der Waals surface area contributed by atoms with Gasteiger partial charge in [0.2, 0.25) is 5.91 Å². The monoisotopic (exact) mass is 242 g/mol. The first-order chi connectivity index (χ1) is 7.75. The van der Waals surface area contributed by atoms with Gasteiger partial charge in [0.25, 0.3) is 0 Å². The topological polar surface area (TPSA) is 32.3 Å². The Balaban J connectivity index is 1.70. The van der Waals surface area contributed by atoms with Crippen LogP contribution in [0.15, 0.2) is 0 Å². The molecule has 2 heterocycles. The summed E-state index contributed by atoms with van der Waals surface area (Å²) >= 11 is 2.05. The van der Waals surface area contributed by atoms with Gasteiger partial charge in [-0.05, 0) is 37.7 Å².